The molecule has 2 aromatic carbocycles. The number of hydrogen-bond donors (Lipinski definition) is 0. The normalized spacial score (nSPS) is 10.0. The van der Waals surface area contributed by atoms with Crippen LogP contribution >= 0.6 is 22.6 Å². The molecule has 1 amide bonds. The van der Waals surface area contributed by atoms with Gasteiger partial charge in [-0.15, -0.1) is 0 Å². The molecule has 0 saturated heterocycles. The van der Waals surface area contributed by atoms with Crippen LogP contribution in [0.1, 0.15) is 10.4 Å². The highest BCUT2D eigenvalue weighted by Crippen LogP contribution is 2.16. The SMILES string of the molecule is CN(C(=O)c1cccc(I)c1)c1ccccc1. The summed E-state index contributed by atoms with van der Waals surface area (Å²) in [5, 5.41) is 0. The second-order valence-corrected chi connectivity index (χ2v) is 4.96. The van der Waals surface area contributed by atoms with Crippen molar-refractivity contribution in [3.8, 4) is 0 Å². The third-order valence-electron chi connectivity index (χ3n) is 2.52. The predicted molar refractivity (Wildman–Crippen MR) is 78.3 cm³/mol. The molecule has 0 aliphatic heterocycles. The van der Waals surface area contributed by atoms with Crippen molar-refractivity contribution >= 4 is 34.2 Å². The molecule has 2 aromatic rings. The second-order valence-electron chi connectivity index (χ2n) is 3.71. The summed E-state index contributed by atoms with van der Waals surface area (Å²) < 4.78 is 1.06. The molecule has 0 N–H and O–H groups in total. The van der Waals surface area contributed by atoms with Gasteiger partial charge in [0.2, 0.25) is 0 Å². The molecule has 2 rings (SSSR count). The van der Waals surface area contributed by atoms with E-state index in [1.807, 2.05) is 54.6 Å². The molecule has 0 bridgehead atoms. The lowest BCUT2D eigenvalue weighted by Gasteiger charge is -2.17. The molecular weight excluding hydrogens is 325 g/mol. The van der Waals surface area contributed by atoms with Gasteiger partial charge in [0, 0.05) is 21.9 Å². The molecular formula is C14H12INO. The third kappa shape index (κ3) is 2.85. The van der Waals surface area contributed by atoms with E-state index in [4.69, 9.17) is 0 Å². The van der Waals surface area contributed by atoms with Crippen molar-refractivity contribution in [3.63, 3.8) is 0 Å². The Morgan fingerprint density at radius 2 is 1.76 bits per heavy atom. The maximum Gasteiger partial charge on any atom is 0.258 e. The molecule has 0 atom stereocenters. The van der Waals surface area contributed by atoms with Gasteiger partial charge in [-0.25, -0.2) is 0 Å². The first kappa shape index (κ1) is 12.1. The lowest BCUT2D eigenvalue weighted by molar-refractivity contribution is 0.0993. The van der Waals surface area contributed by atoms with E-state index < -0.39 is 0 Å². The largest absolute Gasteiger partial charge is 0.311 e. The summed E-state index contributed by atoms with van der Waals surface area (Å²) in [5.74, 6) is 0.00900. The lowest BCUT2D eigenvalue weighted by Crippen LogP contribution is -2.26. The zero-order valence-corrected chi connectivity index (χ0v) is 11.6. The number of hydrogen-bond acceptors (Lipinski definition) is 1. The molecule has 17 heavy (non-hydrogen) atoms. The highest BCUT2D eigenvalue weighted by atomic mass is 127. The molecule has 0 heterocycles. The zero-order valence-electron chi connectivity index (χ0n) is 9.43. The van der Waals surface area contributed by atoms with Gasteiger partial charge in [0.25, 0.3) is 5.91 Å². The van der Waals surface area contributed by atoms with Crippen molar-refractivity contribution in [1.29, 1.82) is 0 Å². The van der Waals surface area contributed by atoms with E-state index >= 15 is 0 Å². The Balaban J connectivity index is 2.27. The van der Waals surface area contributed by atoms with E-state index in [0.29, 0.717) is 5.56 Å². The van der Waals surface area contributed by atoms with Crippen molar-refractivity contribution in [1.82, 2.24) is 0 Å². The molecule has 0 aliphatic rings. The van der Waals surface area contributed by atoms with Crippen molar-refractivity contribution in [2.45, 2.75) is 0 Å². The number of carbonyl (C=O) groups excluding carboxylic acids is 1. The molecule has 86 valence electrons. The Morgan fingerprint density at radius 1 is 1.06 bits per heavy atom. The van der Waals surface area contributed by atoms with E-state index in [1.54, 1.807) is 11.9 Å². The van der Waals surface area contributed by atoms with Crippen LogP contribution in [0.3, 0.4) is 0 Å². The van der Waals surface area contributed by atoms with Crippen LogP contribution < -0.4 is 4.90 Å². The van der Waals surface area contributed by atoms with Crippen molar-refractivity contribution in [3.05, 3.63) is 63.7 Å². The van der Waals surface area contributed by atoms with E-state index in [1.165, 1.54) is 0 Å². The van der Waals surface area contributed by atoms with Gasteiger partial charge in [-0.1, -0.05) is 24.3 Å². The van der Waals surface area contributed by atoms with E-state index in [-0.39, 0.29) is 5.91 Å². The van der Waals surface area contributed by atoms with Crippen molar-refractivity contribution in [2.24, 2.45) is 0 Å². The first-order valence-corrected chi connectivity index (χ1v) is 6.35. The number of benzene rings is 2. The van der Waals surface area contributed by atoms with Gasteiger partial charge in [0.05, 0.1) is 0 Å². The topological polar surface area (TPSA) is 20.3 Å². The van der Waals surface area contributed by atoms with Gasteiger partial charge in [-0.05, 0) is 52.9 Å². The van der Waals surface area contributed by atoms with E-state index in [0.717, 1.165) is 9.26 Å². The standard InChI is InChI=1S/C14H12INO/c1-16(13-8-3-2-4-9-13)14(17)11-6-5-7-12(15)10-11/h2-10H,1H3. The number of para-hydroxylation sites is 1. The van der Waals surface area contributed by atoms with Gasteiger partial charge in [-0.3, -0.25) is 4.79 Å². The van der Waals surface area contributed by atoms with Crippen LogP contribution in [0, 0.1) is 3.57 Å². The van der Waals surface area contributed by atoms with Gasteiger partial charge in [0.1, 0.15) is 0 Å². The fourth-order valence-electron chi connectivity index (χ4n) is 1.58. The van der Waals surface area contributed by atoms with Crippen LogP contribution in [-0.4, -0.2) is 13.0 Å². The Labute approximate surface area is 114 Å². The van der Waals surface area contributed by atoms with Crippen LogP contribution in [0.4, 0.5) is 5.69 Å². The molecule has 3 heteroatoms. The molecule has 0 aromatic heterocycles. The summed E-state index contributed by atoms with van der Waals surface area (Å²) in [4.78, 5) is 13.9. The summed E-state index contributed by atoms with van der Waals surface area (Å²) in [6.45, 7) is 0. The smallest absolute Gasteiger partial charge is 0.258 e. The highest BCUT2D eigenvalue weighted by molar-refractivity contribution is 14.1. The summed E-state index contributed by atoms with van der Waals surface area (Å²) >= 11 is 2.21. The number of nitrogens with zero attached hydrogens (tertiary/aromatic N) is 1. The number of halogens is 1. The minimum Gasteiger partial charge on any atom is -0.311 e. The Kier molecular flexibility index (Phi) is 3.78. The lowest BCUT2D eigenvalue weighted by atomic mass is 10.2. The van der Waals surface area contributed by atoms with Crippen LogP contribution in [-0.2, 0) is 0 Å². The number of rotatable bonds is 2. The van der Waals surface area contributed by atoms with E-state index in [9.17, 15) is 4.79 Å². The van der Waals surface area contributed by atoms with Crippen LogP contribution in [0.25, 0.3) is 0 Å². The minimum absolute atomic E-state index is 0.00900. The van der Waals surface area contributed by atoms with Gasteiger partial charge in [-0.2, -0.15) is 0 Å². The fraction of sp³-hybridized carbons (Fsp3) is 0.0714. The summed E-state index contributed by atoms with van der Waals surface area (Å²) in [7, 11) is 1.79. The average molecular weight is 337 g/mol. The fourth-order valence-corrected chi connectivity index (χ4v) is 2.13. The first-order valence-electron chi connectivity index (χ1n) is 5.27. The summed E-state index contributed by atoms with van der Waals surface area (Å²) in [5.41, 5.74) is 1.61. The quantitative estimate of drug-likeness (QED) is 0.768. The predicted octanol–water partition coefficient (Wildman–Crippen LogP) is 3.57. The number of anilines is 1. The molecule has 0 saturated carbocycles. The summed E-state index contributed by atoms with van der Waals surface area (Å²) in [6.07, 6.45) is 0. The average Bonchev–Trinajstić information content (AvgIpc) is 2.38. The second kappa shape index (κ2) is 5.31. The monoisotopic (exact) mass is 337 g/mol. The zero-order chi connectivity index (χ0) is 12.3. The maximum atomic E-state index is 12.2. The van der Waals surface area contributed by atoms with Crippen LogP contribution in [0.5, 0.6) is 0 Å². The molecule has 0 spiro atoms. The van der Waals surface area contributed by atoms with Gasteiger partial charge >= 0.3 is 0 Å². The van der Waals surface area contributed by atoms with E-state index in [2.05, 4.69) is 22.6 Å². The van der Waals surface area contributed by atoms with Crippen molar-refractivity contribution < 1.29 is 4.79 Å². The number of carbonyl (C=O) groups is 1. The van der Waals surface area contributed by atoms with Gasteiger partial charge < -0.3 is 4.90 Å². The molecule has 0 unspecified atom stereocenters. The Bertz CT molecular complexity index is 525. The third-order valence-corrected chi connectivity index (χ3v) is 3.19. The maximum absolute atomic E-state index is 12.2. The molecule has 0 aliphatic carbocycles. The molecule has 2 nitrogen and oxygen atoms in total. The molecule has 0 fully saturated rings. The Morgan fingerprint density at radius 3 is 2.41 bits per heavy atom. The Hall–Kier alpha value is -1.36. The molecule has 0 radical (unpaired) electrons. The van der Waals surface area contributed by atoms with Crippen LogP contribution in [0.2, 0.25) is 0 Å². The minimum atomic E-state index is 0.00900. The number of amides is 1. The van der Waals surface area contributed by atoms with Crippen LogP contribution in [0.15, 0.2) is 54.6 Å². The van der Waals surface area contributed by atoms with Crippen molar-refractivity contribution in [2.75, 3.05) is 11.9 Å². The highest BCUT2D eigenvalue weighted by Gasteiger charge is 2.12. The van der Waals surface area contributed by atoms with Gasteiger partial charge in [0.15, 0.2) is 0 Å². The summed E-state index contributed by atoms with van der Waals surface area (Å²) in [6, 6.07) is 17.2. The first-order chi connectivity index (χ1) is 8.18.